The molecule has 1 amide bonds. The maximum absolute atomic E-state index is 12.6. The molecule has 1 rings (SSSR count). The molecular formula is C10H17F2NO3. The van der Waals surface area contributed by atoms with Gasteiger partial charge >= 0.3 is 6.09 Å². The number of alkyl halides is 2. The molecule has 0 saturated heterocycles. The van der Waals surface area contributed by atoms with E-state index < -0.39 is 36.0 Å². The van der Waals surface area contributed by atoms with Crippen molar-refractivity contribution in [1.29, 1.82) is 0 Å². The summed E-state index contributed by atoms with van der Waals surface area (Å²) in [5, 5.41) is 20.5. The van der Waals surface area contributed by atoms with Gasteiger partial charge in [-0.3, -0.25) is 0 Å². The van der Waals surface area contributed by atoms with Crippen LogP contribution in [0.2, 0.25) is 0 Å². The van der Waals surface area contributed by atoms with Crippen molar-refractivity contribution in [3.63, 3.8) is 0 Å². The van der Waals surface area contributed by atoms with Gasteiger partial charge in [0.1, 0.15) is 0 Å². The highest BCUT2D eigenvalue weighted by atomic mass is 19.3. The van der Waals surface area contributed by atoms with Crippen LogP contribution in [0, 0.1) is 0 Å². The summed E-state index contributed by atoms with van der Waals surface area (Å²) >= 11 is 0. The van der Waals surface area contributed by atoms with Crippen molar-refractivity contribution in [3.8, 4) is 0 Å². The molecule has 0 aliphatic heterocycles. The molecule has 1 aliphatic carbocycles. The minimum Gasteiger partial charge on any atom is -0.465 e. The third-order valence-corrected chi connectivity index (χ3v) is 2.84. The number of hydrogen-bond acceptors (Lipinski definition) is 2. The molecule has 3 N–H and O–H groups in total. The minimum absolute atomic E-state index is 0.176. The second-order valence-electron chi connectivity index (χ2n) is 5.25. The van der Waals surface area contributed by atoms with Crippen LogP contribution in [0.4, 0.5) is 13.6 Å². The van der Waals surface area contributed by atoms with Gasteiger partial charge < -0.3 is 15.5 Å². The summed E-state index contributed by atoms with van der Waals surface area (Å²) in [4.78, 5) is 10.4. The van der Waals surface area contributed by atoms with Gasteiger partial charge in [-0.25, -0.2) is 13.6 Å². The largest absolute Gasteiger partial charge is 0.465 e. The lowest BCUT2D eigenvalue weighted by atomic mass is 9.72. The number of carboxylic acid groups (broad SMARTS) is 1. The maximum Gasteiger partial charge on any atom is 0.405 e. The molecule has 94 valence electrons. The summed E-state index contributed by atoms with van der Waals surface area (Å²) in [7, 11) is 0. The van der Waals surface area contributed by atoms with E-state index in [0.29, 0.717) is 6.42 Å². The zero-order chi connectivity index (χ0) is 12.6. The molecule has 16 heavy (non-hydrogen) atoms. The Hall–Kier alpha value is -0.910. The Labute approximate surface area is 92.6 Å². The summed E-state index contributed by atoms with van der Waals surface area (Å²) in [6.45, 7) is 3.31. The average Bonchev–Trinajstić information content (AvgIpc) is 1.94. The number of hydrogen-bond donors (Lipinski definition) is 3. The van der Waals surface area contributed by atoms with Crippen LogP contribution in [0.15, 0.2) is 0 Å². The molecule has 0 heterocycles. The molecule has 0 radical (unpaired) electrons. The third-order valence-electron chi connectivity index (χ3n) is 2.84. The number of carbonyl (C=O) groups is 1. The van der Waals surface area contributed by atoms with Gasteiger partial charge in [0.2, 0.25) is 0 Å². The normalized spacial score (nSPS) is 22.3. The molecule has 1 saturated carbocycles. The standard InChI is InChI=1S/C10H17F2NO3/c1-8(2,13-7(14)15)3-4-9(16)5-10(11,12)6-9/h13,16H,3-6H2,1-2H3,(H,14,15). The fraction of sp³-hybridized carbons (Fsp3) is 0.900. The summed E-state index contributed by atoms with van der Waals surface area (Å²) in [6, 6.07) is 0. The van der Waals surface area contributed by atoms with Gasteiger partial charge in [0.05, 0.1) is 5.60 Å². The molecule has 0 bridgehead atoms. The summed E-state index contributed by atoms with van der Waals surface area (Å²) in [5.74, 6) is -2.76. The van der Waals surface area contributed by atoms with Crippen molar-refractivity contribution >= 4 is 6.09 Å². The minimum atomic E-state index is -2.76. The number of nitrogens with one attached hydrogen (secondary N) is 1. The SMILES string of the molecule is CC(C)(CCC1(O)CC(F)(F)C1)NC(=O)O. The monoisotopic (exact) mass is 237 g/mol. The van der Waals surface area contributed by atoms with E-state index in [2.05, 4.69) is 5.32 Å². The van der Waals surface area contributed by atoms with Gasteiger partial charge in [-0.05, 0) is 26.7 Å². The Kier molecular flexibility index (Phi) is 3.15. The van der Waals surface area contributed by atoms with Crippen LogP contribution in [0.3, 0.4) is 0 Å². The average molecular weight is 237 g/mol. The second kappa shape index (κ2) is 3.84. The molecule has 0 spiro atoms. The Balaban J connectivity index is 2.38. The zero-order valence-corrected chi connectivity index (χ0v) is 9.39. The maximum atomic E-state index is 12.6. The summed E-state index contributed by atoms with van der Waals surface area (Å²) < 4.78 is 25.2. The van der Waals surface area contributed by atoms with Crippen LogP contribution in [0.5, 0.6) is 0 Å². The van der Waals surface area contributed by atoms with Crippen LogP contribution in [0.1, 0.15) is 39.5 Å². The first-order chi connectivity index (χ1) is 7.04. The zero-order valence-electron chi connectivity index (χ0n) is 9.39. The van der Waals surface area contributed by atoms with E-state index in [1.807, 2.05) is 0 Å². The van der Waals surface area contributed by atoms with E-state index in [0.717, 1.165) is 0 Å². The highest BCUT2D eigenvalue weighted by Gasteiger charge is 2.55. The first kappa shape index (κ1) is 13.2. The Morgan fingerprint density at radius 1 is 1.44 bits per heavy atom. The van der Waals surface area contributed by atoms with Crippen molar-refractivity contribution in [2.45, 2.75) is 56.6 Å². The topological polar surface area (TPSA) is 69.6 Å². The van der Waals surface area contributed by atoms with Gasteiger partial charge in [0.25, 0.3) is 5.92 Å². The molecule has 1 fully saturated rings. The molecule has 4 nitrogen and oxygen atoms in total. The fourth-order valence-electron chi connectivity index (χ4n) is 1.99. The Bertz CT molecular complexity index is 284. The van der Waals surface area contributed by atoms with E-state index in [1.54, 1.807) is 13.8 Å². The van der Waals surface area contributed by atoms with Crippen LogP contribution >= 0.6 is 0 Å². The van der Waals surface area contributed by atoms with Crippen LogP contribution in [-0.4, -0.2) is 33.4 Å². The third kappa shape index (κ3) is 3.59. The van der Waals surface area contributed by atoms with Gasteiger partial charge in [-0.2, -0.15) is 0 Å². The Morgan fingerprint density at radius 2 is 1.94 bits per heavy atom. The van der Waals surface area contributed by atoms with Crippen molar-refractivity contribution in [1.82, 2.24) is 5.32 Å². The first-order valence-electron chi connectivity index (χ1n) is 5.15. The molecule has 0 atom stereocenters. The quantitative estimate of drug-likeness (QED) is 0.700. The molecular weight excluding hydrogens is 220 g/mol. The van der Waals surface area contributed by atoms with Crippen molar-refractivity contribution < 1.29 is 23.8 Å². The van der Waals surface area contributed by atoms with Crippen LogP contribution in [0.25, 0.3) is 0 Å². The van der Waals surface area contributed by atoms with Crippen molar-refractivity contribution in [2.24, 2.45) is 0 Å². The molecule has 6 heteroatoms. The highest BCUT2D eigenvalue weighted by Crippen LogP contribution is 2.48. The van der Waals surface area contributed by atoms with Crippen LogP contribution < -0.4 is 5.32 Å². The number of amides is 1. The van der Waals surface area contributed by atoms with E-state index in [-0.39, 0.29) is 6.42 Å². The molecule has 0 unspecified atom stereocenters. The predicted molar refractivity (Wildman–Crippen MR) is 53.6 cm³/mol. The second-order valence-corrected chi connectivity index (χ2v) is 5.25. The predicted octanol–water partition coefficient (Wildman–Crippen LogP) is 1.97. The first-order valence-corrected chi connectivity index (χ1v) is 5.15. The highest BCUT2D eigenvalue weighted by molar-refractivity contribution is 5.65. The lowest BCUT2D eigenvalue weighted by Crippen LogP contribution is -2.53. The lowest BCUT2D eigenvalue weighted by molar-refractivity contribution is -0.208. The van der Waals surface area contributed by atoms with Crippen molar-refractivity contribution in [3.05, 3.63) is 0 Å². The van der Waals surface area contributed by atoms with E-state index in [4.69, 9.17) is 5.11 Å². The van der Waals surface area contributed by atoms with E-state index in [9.17, 15) is 18.7 Å². The van der Waals surface area contributed by atoms with Gasteiger partial charge in [-0.1, -0.05) is 0 Å². The van der Waals surface area contributed by atoms with Gasteiger partial charge in [0, 0.05) is 18.4 Å². The number of halogens is 2. The van der Waals surface area contributed by atoms with E-state index >= 15 is 0 Å². The molecule has 1 aliphatic rings. The summed E-state index contributed by atoms with van der Waals surface area (Å²) in [5.41, 5.74) is -2.05. The molecule has 0 aromatic heterocycles. The molecule has 0 aromatic rings. The smallest absolute Gasteiger partial charge is 0.405 e. The lowest BCUT2D eigenvalue weighted by Gasteiger charge is -2.44. The van der Waals surface area contributed by atoms with Gasteiger partial charge in [0.15, 0.2) is 0 Å². The fourth-order valence-corrected chi connectivity index (χ4v) is 1.99. The number of rotatable bonds is 4. The molecule has 0 aromatic carbocycles. The summed E-state index contributed by atoms with van der Waals surface area (Å²) in [6.07, 6.45) is -1.70. The van der Waals surface area contributed by atoms with Crippen molar-refractivity contribution in [2.75, 3.05) is 0 Å². The van der Waals surface area contributed by atoms with E-state index in [1.165, 1.54) is 0 Å². The van der Waals surface area contributed by atoms with Crippen LogP contribution in [-0.2, 0) is 0 Å². The number of aliphatic hydroxyl groups is 1. The Morgan fingerprint density at radius 3 is 2.31 bits per heavy atom. The van der Waals surface area contributed by atoms with Gasteiger partial charge in [-0.15, -0.1) is 0 Å².